The summed E-state index contributed by atoms with van der Waals surface area (Å²) >= 11 is 0. The van der Waals surface area contributed by atoms with E-state index in [9.17, 15) is 9.59 Å². The Kier molecular flexibility index (Phi) is 2.78. The number of carbonyl (C=O) groups excluding carboxylic acids is 2. The molecule has 3 rings (SSSR count). The number of hydrogen-bond acceptors (Lipinski definition) is 2. The number of fused-ring (bicyclic) bond motifs is 2. The predicted octanol–water partition coefficient (Wildman–Crippen LogP) is 1.86. The highest BCUT2D eigenvalue weighted by Crippen LogP contribution is 2.26. The van der Waals surface area contributed by atoms with E-state index < -0.39 is 0 Å². The minimum absolute atomic E-state index is 0.000182. The maximum absolute atomic E-state index is 12.2. The number of urea groups is 1. The number of nitrogens with zero attached hydrogens (tertiary/aromatic N) is 2. The normalized spacial score (nSPS) is 23.4. The molecule has 0 spiro atoms. The zero-order valence-electron chi connectivity index (χ0n) is 10.2. The van der Waals surface area contributed by atoms with E-state index in [2.05, 4.69) is 0 Å². The van der Waals surface area contributed by atoms with E-state index >= 15 is 0 Å². The lowest BCUT2D eigenvalue weighted by atomic mass is 9.94. The van der Waals surface area contributed by atoms with Gasteiger partial charge in [0.15, 0.2) is 0 Å². The number of carbonyl (C=O) groups is 2. The summed E-state index contributed by atoms with van der Waals surface area (Å²) in [5.41, 5.74) is 1.00. The zero-order valence-corrected chi connectivity index (χ0v) is 10.2. The van der Waals surface area contributed by atoms with Crippen molar-refractivity contribution in [1.82, 2.24) is 9.80 Å². The molecule has 1 aromatic rings. The molecule has 3 amide bonds. The predicted molar refractivity (Wildman–Crippen MR) is 66.7 cm³/mol. The lowest BCUT2D eigenvalue weighted by molar-refractivity contribution is -0.138. The second-order valence-corrected chi connectivity index (χ2v) is 4.98. The molecule has 2 aliphatic rings. The van der Waals surface area contributed by atoms with Gasteiger partial charge in [-0.1, -0.05) is 30.3 Å². The highest BCUT2D eigenvalue weighted by molar-refractivity contribution is 5.98. The first-order chi connectivity index (χ1) is 8.75. The molecule has 2 bridgehead atoms. The molecule has 18 heavy (non-hydrogen) atoms. The summed E-state index contributed by atoms with van der Waals surface area (Å²) in [6.45, 7) is 1.79. The molecular weight excluding hydrogens is 228 g/mol. The van der Waals surface area contributed by atoms with Crippen LogP contribution in [0.4, 0.5) is 4.79 Å². The van der Waals surface area contributed by atoms with Crippen molar-refractivity contribution in [2.45, 2.75) is 19.4 Å². The largest absolute Gasteiger partial charge is 0.327 e. The van der Waals surface area contributed by atoms with Crippen LogP contribution in [-0.2, 0) is 11.3 Å². The summed E-state index contributed by atoms with van der Waals surface area (Å²) in [4.78, 5) is 27.6. The van der Waals surface area contributed by atoms with Crippen LogP contribution in [0.5, 0.6) is 0 Å². The molecule has 1 atom stereocenters. The summed E-state index contributed by atoms with van der Waals surface area (Å²) in [6.07, 6.45) is 1.86. The Balaban J connectivity index is 1.82. The molecule has 2 saturated heterocycles. The van der Waals surface area contributed by atoms with Gasteiger partial charge < -0.3 is 4.90 Å². The minimum Gasteiger partial charge on any atom is -0.323 e. The molecule has 94 valence electrons. The van der Waals surface area contributed by atoms with Gasteiger partial charge in [0.1, 0.15) is 0 Å². The topological polar surface area (TPSA) is 40.6 Å². The Labute approximate surface area is 106 Å². The van der Waals surface area contributed by atoms with Gasteiger partial charge in [0.25, 0.3) is 0 Å². The lowest BCUT2D eigenvalue weighted by Gasteiger charge is -2.41. The summed E-state index contributed by atoms with van der Waals surface area (Å²) in [5, 5.41) is 0. The third kappa shape index (κ3) is 1.88. The third-order valence-corrected chi connectivity index (χ3v) is 3.72. The van der Waals surface area contributed by atoms with Crippen LogP contribution >= 0.6 is 0 Å². The third-order valence-electron chi connectivity index (χ3n) is 3.72. The van der Waals surface area contributed by atoms with E-state index in [0.29, 0.717) is 13.1 Å². The molecule has 0 aliphatic carbocycles. The van der Waals surface area contributed by atoms with E-state index in [4.69, 9.17) is 0 Å². The maximum atomic E-state index is 12.2. The van der Waals surface area contributed by atoms with Crippen LogP contribution in [0, 0.1) is 5.92 Å². The molecule has 0 N–H and O–H groups in total. The molecule has 2 aliphatic heterocycles. The fraction of sp³-hybridized carbons (Fsp3) is 0.429. The smallest absolute Gasteiger partial charge is 0.323 e. The molecular formula is C14H16N2O2. The molecule has 1 unspecified atom stereocenters. The van der Waals surface area contributed by atoms with Crippen LogP contribution in [0.1, 0.15) is 18.4 Å². The standard InChI is InChI=1S/C14H16N2O2/c17-13-12-7-4-8-15(10-12)14(18)16(13)9-11-5-2-1-3-6-11/h1-3,5-6,12H,4,7-10H2. The van der Waals surface area contributed by atoms with E-state index in [-0.39, 0.29) is 17.9 Å². The average molecular weight is 244 g/mol. The van der Waals surface area contributed by atoms with Gasteiger partial charge in [-0.3, -0.25) is 9.69 Å². The number of hydrogen-bond donors (Lipinski definition) is 0. The first kappa shape index (κ1) is 11.3. The highest BCUT2D eigenvalue weighted by Gasteiger charge is 2.40. The second kappa shape index (κ2) is 4.44. The number of amides is 3. The van der Waals surface area contributed by atoms with Crippen LogP contribution < -0.4 is 0 Å². The summed E-state index contributed by atoms with van der Waals surface area (Å²) in [6, 6.07) is 9.55. The Morgan fingerprint density at radius 3 is 2.72 bits per heavy atom. The first-order valence-electron chi connectivity index (χ1n) is 6.40. The monoisotopic (exact) mass is 244 g/mol. The molecule has 2 fully saturated rings. The molecule has 0 radical (unpaired) electrons. The van der Waals surface area contributed by atoms with Crippen molar-refractivity contribution in [3.8, 4) is 0 Å². The molecule has 0 saturated carbocycles. The van der Waals surface area contributed by atoms with Crippen LogP contribution in [0.2, 0.25) is 0 Å². The summed E-state index contributed by atoms with van der Waals surface area (Å²) < 4.78 is 0. The summed E-state index contributed by atoms with van der Waals surface area (Å²) in [5.74, 6) is 0.0139. The van der Waals surface area contributed by atoms with Crippen molar-refractivity contribution in [3.05, 3.63) is 35.9 Å². The molecule has 2 heterocycles. The summed E-state index contributed by atoms with van der Waals surface area (Å²) in [7, 11) is 0. The minimum atomic E-state index is -0.125. The van der Waals surface area contributed by atoms with Crippen molar-refractivity contribution in [2.24, 2.45) is 5.92 Å². The van der Waals surface area contributed by atoms with Gasteiger partial charge >= 0.3 is 6.03 Å². The van der Waals surface area contributed by atoms with E-state index in [1.54, 1.807) is 4.90 Å². The molecule has 0 aromatic heterocycles. The Morgan fingerprint density at radius 1 is 1.17 bits per heavy atom. The Hall–Kier alpha value is -1.84. The molecule has 1 aromatic carbocycles. The Morgan fingerprint density at radius 2 is 1.94 bits per heavy atom. The Bertz CT molecular complexity index is 450. The molecule has 4 nitrogen and oxygen atoms in total. The van der Waals surface area contributed by atoms with Crippen molar-refractivity contribution < 1.29 is 9.59 Å². The fourth-order valence-corrected chi connectivity index (χ4v) is 2.75. The molecule has 4 heteroatoms. The van der Waals surface area contributed by atoms with Crippen molar-refractivity contribution in [2.75, 3.05) is 13.1 Å². The van der Waals surface area contributed by atoms with Crippen LogP contribution in [-0.4, -0.2) is 34.8 Å². The average Bonchev–Trinajstić information content (AvgIpc) is 2.43. The van der Waals surface area contributed by atoms with E-state index in [1.165, 1.54) is 4.90 Å². The number of piperidine rings is 1. The van der Waals surface area contributed by atoms with Crippen LogP contribution in [0.25, 0.3) is 0 Å². The SMILES string of the molecule is O=C1C2CCCN(C2)C(=O)N1Cc1ccccc1. The fourth-order valence-electron chi connectivity index (χ4n) is 2.75. The van der Waals surface area contributed by atoms with Crippen molar-refractivity contribution in [1.29, 1.82) is 0 Å². The second-order valence-electron chi connectivity index (χ2n) is 4.98. The van der Waals surface area contributed by atoms with Gasteiger partial charge in [0.05, 0.1) is 12.5 Å². The van der Waals surface area contributed by atoms with Gasteiger partial charge in [0.2, 0.25) is 5.91 Å². The number of imide groups is 1. The van der Waals surface area contributed by atoms with Gasteiger partial charge in [-0.2, -0.15) is 0 Å². The first-order valence-corrected chi connectivity index (χ1v) is 6.40. The van der Waals surface area contributed by atoms with Crippen LogP contribution in [0.3, 0.4) is 0 Å². The highest BCUT2D eigenvalue weighted by atomic mass is 16.2. The van der Waals surface area contributed by atoms with E-state index in [0.717, 1.165) is 24.9 Å². The van der Waals surface area contributed by atoms with Crippen molar-refractivity contribution in [3.63, 3.8) is 0 Å². The number of rotatable bonds is 2. The van der Waals surface area contributed by atoms with Crippen LogP contribution in [0.15, 0.2) is 30.3 Å². The van der Waals surface area contributed by atoms with Crippen molar-refractivity contribution >= 4 is 11.9 Å². The maximum Gasteiger partial charge on any atom is 0.327 e. The zero-order chi connectivity index (χ0) is 12.5. The van der Waals surface area contributed by atoms with E-state index in [1.807, 2.05) is 30.3 Å². The number of benzene rings is 1. The lowest BCUT2D eigenvalue weighted by Crippen LogP contribution is -2.58. The van der Waals surface area contributed by atoms with Gasteiger partial charge in [0, 0.05) is 13.1 Å². The van der Waals surface area contributed by atoms with Gasteiger partial charge in [-0.05, 0) is 18.4 Å². The van der Waals surface area contributed by atoms with Gasteiger partial charge in [-0.25, -0.2) is 4.79 Å². The quantitative estimate of drug-likeness (QED) is 0.796. The van der Waals surface area contributed by atoms with Gasteiger partial charge in [-0.15, -0.1) is 0 Å².